The average Bonchev–Trinajstić information content (AvgIpc) is 2.04. The summed E-state index contributed by atoms with van der Waals surface area (Å²) in [6.45, 7) is 16.4. The van der Waals surface area contributed by atoms with Crippen LogP contribution < -0.4 is 17.8 Å². The highest BCUT2D eigenvalue weighted by atomic mass is 15.0. The van der Waals surface area contributed by atoms with Crippen molar-refractivity contribution < 1.29 is 0 Å². The van der Waals surface area contributed by atoms with E-state index in [1.54, 1.807) is 0 Å². The van der Waals surface area contributed by atoms with Crippen molar-refractivity contribution in [2.45, 2.75) is 54.9 Å². The zero-order valence-electron chi connectivity index (χ0n) is 11.1. The fraction of sp³-hybridized carbons (Fsp3) is 1.00. The summed E-state index contributed by atoms with van der Waals surface area (Å²) in [5, 5.41) is 0. The summed E-state index contributed by atoms with van der Waals surface area (Å²) in [7, 11) is 0. The zero-order chi connectivity index (χ0) is 11.3. The summed E-state index contributed by atoms with van der Waals surface area (Å²) < 4.78 is 0. The topological polar surface area (TPSA) is 87.0 Å². The first kappa shape index (κ1) is 19.5. The predicted octanol–water partition coefficient (Wildman–Crippen LogP) is 3.09. The molecule has 3 heteroatoms. The van der Waals surface area contributed by atoms with E-state index in [9.17, 15) is 0 Å². The highest BCUT2D eigenvalue weighted by Crippen LogP contribution is 2.44. The van der Waals surface area contributed by atoms with Crippen molar-refractivity contribution in [1.82, 2.24) is 6.15 Å². The molecular formula is C11H31N3. The third-order valence-corrected chi connectivity index (χ3v) is 3.78. The molecule has 0 aliphatic heterocycles. The molecule has 3 nitrogen and oxygen atoms in total. The fourth-order valence-electron chi connectivity index (χ4n) is 1.25. The maximum atomic E-state index is 4.00. The van der Waals surface area contributed by atoms with Crippen LogP contribution >= 0.6 is 0 Å². The van der Waals surface area contributed by atoms with Crippen molar-refractivity contribution in [2.75, 3.05) is 0 Å². The van der Waals surface area contributed by atoms with E-state index in [2.05, 4.69) is 60.2 Å². The molecule has 0 bridgehead atoms. The van der Waals surface area contributed by atoms with Gasteiger partial charge in [-0.05, 0) is 16.7 Å². The Labute approximate surface area is 90.2 Å². The number of hydrogen-bond donors (Lipinski definition) is 3. The molecule has 0 radical (unpaired) electrons. The molecule has 1 atom stereocenters. The second kappa shape index (κ2) is 7.21. The van der Waals surface area contributed by atoms with Gasteiger partial charge in [0.15, 0.2) is 0 Å². The lowest BCUT2D eigenvalue weighted by Crippen LogP contribution is -2.35. The number of hydrogen-bond acceptors (Lipinski definition) is 3. The minimum absolute atomic E-state index is 0. The molecule has 0 saturated heterocycles. The van der Waals surface area contributed by atoms with Crippen LogP contribution in [0.1, 0.15) is 54.9 Å². The molecule has 0 aliphatic rings. The molecule has 0 aliphatic carbocycles. The van der Waals surface area contributed by atoms with Gasteiger partial charge in [0.05, 0.1) is 0 Å². The van der Waals surface area contributed by atoms with Crippen LogP contribution in [0.4, 0.5) is 0 Å². The Morgan fingerprint density at radius 1 is 1.00 bits per heavy atom. The summed E-state index contributed by atoms with van der Waals surface area (Å²) in [5.41, 5.74) is 0.865. The Morgan fingerprint density at radius 2 is 1.29 bits per heavy atom. The molecule has 0 rings (SSSR count). The van der Waals surface area contributed by atoms with Crippen LogP contribution in [0, 0.1) is 16.7 Å². The summed E-state index contributed by atoms with van der Waals surface area (Å²) in [4.78, 5) is 0. The van der Waals surface area contributed by atoms with Crippen molar-refractivity contribution in [3.63, 3.8) is 0 Å². The molecule has 7 N–H and O–H groups in total. The van der Waals surface area contributed by atoms with Gasteiger partial charge in [-0.3, -0.25) is 11.7 Å². The molecule has 14 heavy (non-hydrogen) atoms. The van der Waals surface area contributed by atoms with Crippen molar-refractivity contribution in [3.8, 4) is 0 Å². The third kappa shape index (κ3) is 4.94. The zero-order valence-corrected chi connectivity index (χ0v) is 11.1. The van der Waals surface area contributed by atoms with E-state index >= 15 is 0 Å². The Kier molecular flexibility index (Phi) is 10.0. The summed E-state index contributed by atoms with van der Waals surface area (Å²) >= 11 is 0. The smallest absolute Gasteiger partial charge is 0.0280 e. The molecule has 0 amide bonds. The minimum atomic E-state index is 0. The van der Waals surface area contributed by atoms with Gasteiger partial charge in [-0.15, -0.1) is 0 Å². The summed E-state index contributed by atoms with van der Waals surface area (Å²) in [6, 6.07) is 0. The van der Waals surface area contributed by atoms with E-state index in [0.717, 1.165) is 5.92 Å². The lowest BCUT2D eigenvalue weighted by Gasteiger charge is -2.43. The Bertz CT molecular complexity index is 125. The van der Waals surface area contributed by atoms with Crippen LogP contribution in [0.2, 0.25) is 0 Å². The first-order chi connectivity index (χ1) is 5.73. The second-order valence-electron chi connectivity index (χ2n) is 5.28. The molecule has 1 unspecified atom stereocenters. The highest BCUT2D eigenvalue weighted by molar-refractivity contribution is 4.85. The van der Waals surface area contributed by atoms with Gasteiger partial charge in [0, 0.05) is 0 Å². The van der Waals surface area contributed by atoms with Gasteiger partial charge in [-0.2, -0.15) is 0 Å². The number of hydrazine groups is 1. The Balaban J connectivity index is -0.000000376. The average molecular weight is 205 g/mol. The van der Waals surface area contributed by atoms with E-state index in [0.29, 0.717) is 10.8 Å². The molecule has 0 aromatic heterocycles. The predicted molar refractivity (Wildman–Crippen MR) is 66.1 cm³/mol. The van der Waals surface area contributed by atoms with E-state index < -0.39 is 0 Å². The van der Waals surface area contributed by atoms with Gasteiger partial charge in [0.25, 0.3) is 0 Å². The van der Waals surface area contributed by atoms with Gasteiger partial charge in [-0.25, -0.2) is 0 Å². The highest BCUT2D eigenvalue weighted by Gasteiger charge is 2.36. The summed E-state index contributed by atoms with van der Waals surface area (Å²) in [6.07, 6.45) is 1.28. The summed E-state index contributed by atoms with van der Waals surface area (Å²) in [5.74, 6) is 8.81. The lowest BCUT2D eigenvalue weighted by atomic mass is 9.62. The normalized spacial score (nSPS) is 13.5. The van der Waals surface area contributed by atoms with Crippen LogP contribution in [0.5, 0.6) is 0 Å². The Morgan fingerprint density at radius 3 is 1.36 bits per heavy atom. The van der Waals surface area contributed by atoms with Crippen LogP contribution in [0.15, 0.2) is 0 Å². The van der Waals surface area contributed by atoms with E-state index in [4.69, 9.17) is 0 Å². The van der Waals surface area contributed by atoms with Crippen molar-refractivity contribution >= 4 is 0 Å². The number of nitrogens with two attached hydrogens (primary N) is 2. The molecule has 0 aromatic carbocycles. The lowest BCUT2D eigenvalue weighted by molar-refractivity contribution is 0.0619. The van der Waals surface area contributed by atoms with Gasteiger partial charge in [0.2, 0.25) is 0 Å². The van der Waals surface area contributed by atoms with E-state index in [1.807, 2.05) is 0 Å². The maximum Gasteiger partial charge on any atom is -0.0280 e. The molecule has 0 aromatic rings. The number of rotatable bonds is 2. The van der Waals surface area contributed by atoms with Gasteiger partial charge in [0.1, 0.15) is 0 Å². The molecular weight excluding hydrogens is 174 g/mol. The molecule has 0 spiro atoms. The van der Waals surface area contributed by atoms with E-state index in [-0.39, 0.29) is 6.15 Å². The third-order valence-electron chi connectivity index (χ3n) is 3.78. The van der Waals surface area contributed by atoms with Crippen LogP contribution in [-0.4, -0.2) is 0 Å². The molecule has 90 valence electrons. The molecule has 0 fully saturated rings. The van der Waals surface area contributed by atoms with Crippen molar-refractivity contribution in [3.05, 3.63) is 0 Å². The standard InChI is InChI=1S/C11H24.H4N2.H3N/c1-8-9(2)11(6,7)10(3,4)5;1-2;/h9H,8H2,1-7H3;1-2H2;1H3. The molecule has 0 heterocycles. The van der Waals surface area contributed by atoms with Gasteiger partial charge >= 0.3 is 0 Å². The van der Waals surface area contributed by atoms with Crippen LogP contribution in [-0.2, 0) is 0 Å². The van der Waals surface area contributed by atoms with Gasteiger partial charge < -0.3 is 6.15 Å². The van der Waals surface area contributed by atoms with Crippen molar-refractivity contribution in [2.24, 2.45) is 28.4 Å². The van der Waals surface area contributed by atoms with Crippen molar-refractivity contribution in [1.29, 1.82) is 0 Å². The minimum Gasteiger partial charge on any atom is -0.344 e. The largest absolute Gasteiger partial charge is 0.344 e. The van der Waals surface area contributed by atoms with Crippen LogP contribution in [0.25, 0.3) is 0 Å². The Hall–Kier alpha value is -0.120. The van der Waals surface area contributed by atoms with Crippen LogP contribution in [0.3, 0.4) is 0 Å². The fourth-order valence-corrected chi connectivity index (χ4v) is 1.25. The van der Waals surface area contributed by atoms with Gasteiger partial charge in [-0.1, -0.05) is 54.9 Å². The maximum absolute atomic E-state index is 4.00. The SMILES string of the molecule is CCC(C)C(C)(C)C(C)(C)C.N.NN. The first-order valence-corrected chi connectivity index (χ1v) is 5.06. The monoisotopic (exact) mass is 205 g/mol. The molecule has 0 saturated carbocycles. The second-order valence-corrected chi connectivity index (χ2v) is 5.28. The quantitative estimate of drug-likeness (QED) is 0.478. The van der Waals surface area contributed by atoms with E-state index in [1.165, 1.54) is 6.42 Å². The first-order valence-electron chi connectivity index (χ1n) is 5.06.